The molecule has 0 atom stereocenters. The first-order chi connectivity index (χ1) is 18.5. The first-order valence-corrected chi connectivity index (χ1v) is 13.4. The zero-order valence-electron chi connectivity index (χ0n) is 20.0. The Labute approximate surface area is 218 Å². The van der Waals surface area contributed by atoms with Gasteiger partial charge in [0.05, 0.1) is 28.1 Å². The van der Waals surface area contributed by atoms with E-state index in [4.69, 9.17) is 0 Å². The molecule has 12 heteroatoms. The molecular formula is C27H18F4N4O3S. The maximum absolute atomic E-state index is 14.4. The van der Waals surface area contributed by atoms with E-state index >= 15 is 0 Å². The Balaban J connectivity index is 1.78. The molecule has 39 heavy (non-hydrogen) atoms. The summed E-state index contributed by atoms with van der Waals surface area (Å²) in [5.41, 5.74) is -0.965. The number of aromatic nitrogens is 3. The van der Waals surface area contributed by atoms with Gasteiger partial charge in [-0.2, -0.15) is 26.9 Å². The molecule has 1 N–H and O–H groups in total. The number of alkyl halides is 3. The summed E-state index contributed by atoms with van der Waals surface area (Å²) >= 11 is 0. The number of benzene rings is 2. The van der Waals surface area contributed by atoms with Gasteiger partial charge >= 0.3 is 16.4 Å². The fourth-order valence-corrected chi connectivity index (χ4v) is 6.06. The molecule has 7 nitrogen and oxygen atoms in total. The fraction of sp³-hybridized carbons (Fsp3) is 0.222. The quantitative estimate of drug-likeness (QED) is 0.206. The van der Waals surface area contributed by atoms with E-state index in [0.29, 0.717) is 28.3 Å². The second-order valence-electron chi connectivity index (χ2n) is 9.62. The van der Waals surface area contributed by atoms with Crippen LogP contribution in [0.25, 0.3) is 44.0 Å². The molecule has 0 unspecified atom stereocenters. The summed E-state index contributed by atoms with van der Waals surface area (Å²) < 4.78 is 81.5. The number of rotatable bonds is 3. The molecule has 198 valence electrons. The van der Waals surface area contributed by atoms with Crippen LogP contribution >= 0.6 is 0 Å². The minimum absolute atomic E-state index is 0.126. The zero-order valence-corrected chi connectivity index (χ0v) is 20.8. The molecule has 6 rings (SSSR count). The van der Waals surface area contributed by atoms with Crippen LogP contribution in [0, 0.1) is 11.3 Å². The van der Waals surface area contributed by atoms with Gasteiger partial charge in [-0.3, -0.25) is 9.78 Å². The number of nitriles is 1. The average Bonchev–Trinajstić information content (AvgIpc) is 3.55. The van der Waals surface area contributed by atoms with Crippen molar-refractivity contribution >= 4 is 43.1 Å². The number of H-pyrrole nitrogens is 1. The zero-order chi connectivity index (χ0) is 27.7. The van der Waals surface area contributed by atoms with Gasteiger partial charge in [0, 0.05) is 40.3 Å². The Bertz CT molecular complexity index is 2030. The summed E-state index contributed by atoms with van der Waals surface area (Å²) in [4.78, 5) is 19.8. The van der Waals surface area contributed by atoms with Crippen molar-refractivity contribution in [3.8, 4) is 17.2 Å². The molecule has 1 aliphatic carbocycles. The molecular weight excluding hydrogens is 536 g/mol. The number of nitrogens with zero attached hydrogens (tertiary/aromatic N) is 3. The standard InChI is InChI=1S/C27H18F4N4O3S/c28-27(29,30)21-9-20-23(10-19(21)15-8-17(13-33-12-15)39(31,37)38)35(16-3-1-2-4-16)26-24(25(20)36)18-6-5-14(11-32)7-22(18)34-26/h5-10,12-13,16,34H,1-4H2. The van der Waals surface area contributed by atoms with E-state index in [1.807, 2.05) is 10.6 Å². The number of aromatic amines is 1. The topological polar surface area (TPSA) is 109 Å². The van der Waals surface area contributed by atoms with Crippen LogP contribution in [0.5, 0.6) is 0 Å². The summed E-state index contributed by atoms with van der Waals surface area (Å²) in [6.45, 7) is 0. The van der Waals surface area contributed by atoms with E-state index in [-0.39, 0.29) is 27.9 Å². The summed E-state index contributed by atoms with van der Waals surface area (Å²) in [6.07, 6.45) is 0.0757. The molecule has 5 aromatic rings. The van der Waals surface area contributed by atoms with E-state index in [2.05, 4.69) is 9.97 Å². The van der Waals surface area contributed by atoms with Gasteiger partial charge in [-0.15, -0.1) is 3.89 Å². The van der Waals surface area contributed by atoms with Gasteiger partial charge in [-0.1, -0.05) is 18.9 Å². The van der Waals surface area contributed by atoms with Crippen molar-refractivity contribution < 1.29 is 25.5 Å². The van der Waals surface area contributed by atoms with Gasteiger partial charge in [0.1, 0.15) is 10.5 Å². The van der Waals surface area contributed by atoms with Crippen LogP contribution in [0.4, 0.5) is 17.1 Å². The van der Waals surface area contributed by atoms with E-state index in [1.165, 1.54) is 6.07 Å². The number of pyridine rings is 2. The van der Waals surface area contributed by atoms with E-state index in [0.717, 1.165) is 44.0 Å². The highest BCUT2D eigenvalue weighted by Crippen LogP contribution is 2.42. The number of hydrogen-bond acceptors (Lipinski definition) is 5. The van der Waals surface area contributed by atoms with Crippen LogP contribution < -0.4 is 5.43 Å². The van der Waals surface area contributed by atoms with Gasteiger partial charge in [-0.25, -0.2) is 0 Å². The van der Waals surface area contributed by atoms with Crippen molar-refractivity contribution in [3.63, 3.8) is 0 Å². The predicted octanol–water partition coefficient (Wildman–Crippen LogP) is 6.36. The molecule has 2 aromatic carbocycles. The molecule has 0 bridgehead atoms. The number of nitrogens with one attached hydrogen (secondary N) is 1. The minimum Gasteiger partial charge on any atom is -0.340 e. The van der Waals surface area contributed by atoms with Crippen LogP contribution in [0.1, 0.15) is 42.9 Å². The van der Waals surface area contributed by atoms with Gasteiger partial charge in [0.2, 0.25) is 0 Å². The third-order valence-corrected chi connectivity index (χ3v) is 8.10. The van der Waals surface area contributed by atoms with E-state index in [1.54, 1.807) is 18.2 Å². The van der Waals surface area contributed by atoms with Crippen LogP contribution in [-0.2, 0) is 16.4 Å². The summed E-state index contributed by atoms with van der Waals surface area (Å²) in [5.74, 6) is 0. The Morgan fingerprint density at radius 2 is 1.79 bits per heavy atom. The highest BCUT2D eigenvalue weighted by Gasteiger charge is 2.36. The van der Waals surface area contributed by atoms with Crippen molar-refractivity contribution in [1.29, 1.82) is 5.26 Å². The largest absolute Gasteiger partial charge is 0.417 e. The maximum atomic E-state index is 14.4. The lowest BCUT2D eigenvalue weighted by atomic mass is 9.96. The summed E-state index contributed by atoms with van der Waals surface area (Å²) in [5, 5.41) is 9.88. The molecule has 0 amide bonds. The van der Waals surface area contributed by atoms with Crippen molar-refractivity contribution in [1.82, 2.24) is 14.5 Å². The van der Waals surface area contributed by atoms with Gasteiger partial charge in [-0.05, 0) is 48.7 Å². The van der Waals surface area contributed by atoms with Crippen LogP contribution in [0.2, 0.25) is 0 Å². The Hall–Kier alpha value is -4.24. The van der Waals surface area contributed by atoms with E-state index < -0.39 is 37.9 Å². The maximum Gasteiger partial charge on any atom is 0.417 e. The van der Waals surface area contributed by atoms with Gasteiger partial charge in [0.15, 0.2) is 5.43 Å². The van der Waals surface area contributed by atoms with Gasteiger partial charge < -0.3 is 9.55 Å². The third kappa shape index (κ3) is 4.04. The molecule has 0 saturated heterocycles. The molecule has 3 aromatic heterocycles. The summed E-state index contributed by atoms with van der Waals surface area (Å²) in [7, 11) is -5.23. The molecule has 0 spiro atoms. The lowest BCUT2D eigenvalue weighted by molar-refractivity contribution is -0.137. The highest BCUT2D eigenvalue weighted by molar-refractivity contribution is 7.86. The third-order valence-electron chi connectivity index (χ3n) is 7.32. The normalized spacial score (nSPS) is 14.9. The Morgan fingerprint density at radius 3 is 2.46 bits per heavy atom. The number of fused-ring (bicyclic) bond motifs is 4. The molecule has 1 aliphatic rings. The SMILES string of the molecule is N#Cc1ccc2c(c1)[nH]c1c2c(=O)c2cc(C(F)(F)F)c(-c3cncc(S(=O)(=O)F)c3)cc2n1C1CCCC1. The monoisotopic (exact) mass is 554 g/mol. The first-order valence-electron chi connectivity index (χ1n) is 12.0. The molecule has 1 saturated carbocycles. The number of hydrogen-bond donors (Lipinski definition) is 1. The van der Waals surface area contributed by atoms with Crippen LogP contribution in [0.15, 0.2) is 58.5 Å². The van der Waals surface area contributed by atoms with E-state index in [9.17, 15) is 35.5 Å². The molecule has 0 aliphatic heterocycles. The fourth-order valence-electron chi connectivity index (χ4n) is 5.60. The molecule has 3 heterocycles. The van der Waals surface area contributed by atoms with Crippen molar-refractivity contribution in [2.75, 3.05) is 0 Å². The second-order valence-corrected chi connectivity index (χ2v) is 11.0. The highest BCUT2D eigenvalue weighted by atomic mass is 32.3. The Kier molecular flexibility index (Phi) is 5.55. The van der Waals surface area contributed by atoms with Crippen molar-refractivity contribution in [3.05, 3.63) is 70.1 Å². The van der Waals surface area contributed by atoms with Gasteiger partial charge in [0.25, 0.3) is 0 Å². The molecule has 1 fully saturated rings. The minimum atomic E-state index is -5.23. The summed E-state index contributed by atoms with van der Waals surface area (Å²) in [6, 6.07) is 9.42. The van der Waals surface area contributed by atoms with Crippen LogP contribution in [-0.4, -0.2) is 23.0 Å². The van der Waals surface area contributed by atoms with Crippen LogP contribution in [0.3, 0.4) is 0 Å². The first kappa shape index (κ1) is 25.1. The smallest absolute Gasteiger partial charge is 0.340 e. The molecule has 0 radical (unpaired) electrons. The van der Waals surface area contributed by atoms with Crippen molar-refractivity contribution in [2.24, 2.45) is 0 Å². The number of halogens is 4. The predicted molar refractivity (Wildman–Crippen MR) is 136 cm³/mol. The lowest BCUT2D eigenvalue weighted by Gasteiger charge is -2.22. The van der Waals surface area contributed by atoms with Crippen molar-refractivity contribution in [2.45, 2.75) is 42.8 Å². The average molecular weight is 555 g/mol. The second kappa shape index (κ2) is 8.64. The lowest BCUT2D eigenvalue weighted by Crippen LogP contribution is -2.16. The Morgan fingerprint density at radius 1 is 1.05 bits per heavy atom.